The zero-order valence-corrected chi connectivity index (χ0v) is 16.5. The van der Waals surface area contributed by atoms with E-state index in [2.05, 4.69) is 4.98 Å². The van der Waals surface area contributed by atoms with Gasteiger partial charge in [0.2, 0.25) is 0 Å². The number of hydrogen-bond acceptors (Lipinski definition) is 4. The molecule has 0 N–H and O–H groups in total. The molecule has 0 radical (unpaired) electrons. The highest BCUT2D eigenvalue weighted by Crippen LogP contribution is 2.37. The predicted molar refractivity (Wildman–Crippen MR) is 109 cm³/mol. The number of thioether (sulfide) groups is 1. The van der Waals surface area contributed by atoms with Crippen LogP contribution >= 0.6 is 11.8 Å². The van der Waals surface area contributed by atoms with E-state index in [0.29, 0.717) is 5.22 Å². The molecule has 0 spiro atoms. The Morgan fingerprint density at radius 1 is 1.00 bits per heavy atom. The van der Waals surface area contributed by atoms with Crippen LogP contribution in [0, 0.1) is 0 Å². The lowest BCUT2D eigenvalue weighted by Gasteiger charge is -2.06. The maximum Gasteiger partial charge on any atom is 0.257 e. The molecule has 3 rings (SSSR count). The Labute approximate surface area is 159 Å². The first-order valence-corrected chi connectivity index (χ1v) is 9.85. The standard InChI is InChI=1S/C20H19NO2S.C2H6/c1-3-17(14(2)22)24-20-21-18(15-10-6-4-7-11-15)19(23-20)16-12-8-5-9-13-16;1-2/h4-13,17H,3H2,1-2H3;1-2H3. The summed E-state index contributed by atoms with van der Waals surface area (Å²) >= 11 is 1.39. The number of nitrogens with zero attached hydrogens (tertiary/aromatic N) is 1. The van der Waals surface area contributed by atoms with E-state index in [4.69, 9.17) is 4.42 Å². The van der Waals surface area contributed by atoms with Gasteiger partial charge in [0.25, 0.3) is 5.22 Å². The smallest absolute Gasteiger partial charge is 0.257 e. The third-order valence-corrected chi connectivity index (χ3v) is 5.08. The molecule has 1 aromatic heterocycles. The Hall–Kier alpha value is -2.33. The molecule has 0 fully saturated rings. The van der Waals surface area contributed by atoms with Gasteiger partial charge in [-0.15, -0.1) is 0 Å². The zero-order chi connectivity index (χ0) is 18.9. The van der Waals surface area contributed by atoms with Crippen LogP contribution in [0.15, 0.2) is 70.3 Å². The van der Waals surface area contributed by atoms with Crippen molar-refractivity contribution in [2.75, 3.05) is 0 Å². The van der Waals surface area contributed by atoms with Crippen molar-refractivity contribution < 1.29 is 9.21 Å². The van der Waals surface area contributed by atoms with Crippen molar-refractivity contribution in [1.82, 2.24) is 4.98 Å². The Morgan fingerprint density at radius 3 is 2.04 bits per heavy atom. The third kappa shape index (κ3) is 4.85. The summed E-state index contributed by atoms with van der Waals surface area (Å²) in [5, 5.41) is 0.408. The molecule has 26 heavy (non-hydrogen) atoms. The predicted octanol–water partition coefficient (Wildman–Crippen LogP) is 6.49. The number of carbonyl (C=O) groups is 1. The average Bonchev–Trinajstić information content (AvgIpc) is 3.13. The monoisotopic (exact) mass is 367 g/mol. The first-order chi connectivity index (χ1) is 12.7. The molecule has 0 aliphatic rings. The zero-order valence-electron chi connectivity index (χ0n) is 15.7. The van der Waals surface area contributed by atoms with E-state index in [9.17, 15) is 4.79 Å². The van der Waals surface area contributed by atoms with E-state index in [1.807, 2.05) is 81.4 Å². The number of ketones is 1. The van der Waals surface area contributed by atoms with Crippen molar-refractivity contribution in [3.05, 3.63) is 60.7 Å². The summed E-state index contributed by atoms with van der Waals surface area (Å²) in [5.74, 6) is 0.880. The summed E-state index contributed by atoms with van der Waals surface area (Å²) in [6.45, 7) is 7.61. The van der Waals surface area contributed by atoms with E-state index in [1.54, 1.807) is 6.92 Å². The van der Waals surface area contributed by atoms with Crippen molar-refractivity contribution >= 4 is 17.5 Å². The van der Waals surface area contributed by atoms with Crippen LogP contribution in [0.4, 0.5) is 0 Å². The molecule has 136 valence electrons. The highest BCUT2D eigenvalue weighted by Gasteiger charge is 2.21. The van der Waals surface area contributed by atoms with Crippen LogP contribution in [0.5, 0.6) is 0 Å². The number of oxazole rings is 1. The van der Waals surface area contributed by atoms with E-state index >= 15 is 0 Å². The van der Waals surface area contributed by atoms with Gasteiger partial charge in [-0.25, -0.2) is 4.98 Å². The molecule has 0 saturated heterocycles. The van der Waals surface area contributed by atoms with Gasteiger partial charge in [-0.1, -0.05) is 93.2 Å². The van der Waals surface area contributed by atoms with Crippen LogP contribution < -0.4 is 0 Å². The minimum atomic E-state index is -0.129. The SMILES string of the molecule is CC.CCC(Sc1nc(-c2ccccc2)c(-c2ccccc2)o1)C(C)=O. The Bertz CT molecular complexity index is 756. The quantitative estimate of drug-likeness (QED) is 0.467. The molecule has 0 saturated carbocycles. The summed E-state index contributed by atoms with van der Waals surface area (Å²) in [6, 6.07) is 19.9. The Balaban J connectivity index is 0.00000117. The molecule has 3 aromatic rings. The van der Waals surface area contributed by atoms with Gasteiger partial charge in [-0.2, -0.15) is 0 Å². The number of carbonyl (C=O) groups excluding carboxylic acids is 1. The lowest BCUT2D eigenvalue weighted by atomic mass is 10.1. The van der Waals surface area contributed by atoms with Crippen LogP contribution in [0.25, 0.3) is 22.6 Å². The first-order valence-electron chi connectivity index (χ1n) is 8.97. The van der Waals surface area contributed by atoms with Crippen molar-refractivity contribution in [3.8, 4) is 22.6 Å². The maximum absolute atomic E-state index is 11.7. The van der Waals surface area contributed by atoms with Gasteiger partial charge in [-0.05, 0) is 13.3 Å². The Morgan fingerprint density at radius 2 is 1.54 bits per heavy atom. The molecule has 1 heterocycles. The molecule has 1 atom stereocenters. The second-order valence-electron chi connectivity index (χ2n) is 5.51. The Kier molecular flexibility index (Phi) is 7.67. The number of benzene rings is 2. The fourth-order valence-corrected chi connectivity index (χ4v) is 3.35. The molecule has 2 aromatic carbocycles. The number of hydrogen-bond donors (Lipinski definition) is 0. The van der Waals surface area contributed by atoms with Crippen molar-refractivity contribution in [2.45, 2.75) is 44.6 Å². The fourth-order valence-electron chi connectivity index (χ4n) is 2.50. The first kappa shape index (κ1) is 20.0. The van der Waals surface area contributed by atoms with Crippen molar-refractivity contribution in [2.24, 2.45) is 0 Å². The molecule has 0 amide bonds. The topological polar surface area (TPSA) is 43.1 Å². The second kappa shape index (κ2) is 9.97. The highest BCUT2D eigenvalue weighted by molar-refractivity contribution is 8.00. The lowest BCUT2D eigenvalue weighted by molar-refractivity contribution is -0.116. The van der Waals surface area contributed by atoms with Gasteiger partial charge in [0.1, 0.15) is 11.5 Å². The highest BCUT2D eigenvalue weighted by atomic mass is 32.2. The minimum absolute atomic E-state index is 0.129. The summed E-state index contributed by atoms with van der Waals surface area (Å²) in [4.78, 5) is 16.4. The van der Waals surface area contributed by atoms with Crippen LogP contribution in [0.3, 0.4) is 0 Å². The molecule has 4 heteroatoms. The summed E-state index contributed by atoms with van der Waals surface area (Å²) < 4.78 is 6.04. The molecular weight excluding hydrogens is 342 g/mol. The lowest BCUT2D eigenvalue weighted by Crippen LogP contribution is -2.11. The van der Waals surface area contributed by atoms with Crippen LogP contribution in [-0.4, -0.2) is 16.0 Å². The molecular formula is C22H25NO2S. The van der Waals surface area contributed by atoms with Crippen LogP contribution in [-0.2, 0) is 4.79 Å². The van der Waals surface area contributed by atoms with Gasteiger partial charge in [0.05, 0.1) is 5.25 Å². The van der Waals surface area contributed by atoms with E-state index in [0.717, 1.165) is 29.0 Å². The molecule has 0 bridgehead atoms. The second-order valence-corrected chi connectivity index (χ2v) is 6.67. The fraction of sp³-hybridized carbons (Fsp3) is 0.273. The van der Waals surface area contributed by atoms with E-state index in [1.165, 1.54) is 11.8 Å². The van der Waals surface area contributed by atoms with E-state index in [-0.39, 0.29) is 11.0 Å². The van der Waals surface area contributed by atoms with Gasteiger partial charge in [0.15, 0.2) is 5.76 Å². The maximum atomic E-state index is 11.7. The van der Waals surface area contributed by atoms with E-state index < -0.39 is 0 Å². The van der Waals surface area contributed by atoms with Gasteiger partial charge >= 0.3 is 0 Å². The van der Waals surface area contributed by atoms with Crippen molar-refractivity contribution in [3.63, 3.8) is 0 Å². The summed E-state index contributed by atoms with van der Waals surface area (Å²) in [6.07, 6.45) is 0.754. The number of Topliss-reactive ketones (excluding diaryl/α,β-unsaturated/α-hetero) is 1. The normalized spacial score (nSPS) is 11.4. The van der Waals surface area contributed by atoms with Crippen LogP contribution in [0.2, 0.25) is 0 Å². The largest absolute Gasteiger partial charge is 0.431 e. The molecule has 0 aliphatic heterocycles. The third-order valence-electron chi connectivity index (χ3n) is 3.76. The average molecular weight is 368 g/mol. The van der Waals surface area contributed by atoms with Gasteiger partial charge in [0, 0.05) is 11.1 Å². The van der Waals surface area contributed by atoms with Crippen molar-refractivity contribution in [1.29, 1.82) is 0 Å². The van der Waals surface area contributed by atoms with Gasteiger partial charge in [-0.3, -0.25) is 4.79 Å². The summed E-state index contributed by atoms with van der Waals surface area (Å²) in [5.41, 5.74) is 2.79. The van der Waals surface area contributed by atoms with Gasteiger partial charge < -0.3 is 4.42 Å². The molecule has 0 aliphatic carbocycles. The van der Waals surface area contributed by atoms with Crippen LogP contribution in [0.1, 0.15) is 34.1 Å². The number of aromatic nitrogens is 1. The molecule has 3 nitrogen and oxygen atoms in total. The minimum Gasteiger partial charge on any atom is -0.431 e. The number of rotatable bonds is 6. The summed E-state index contributed by atoms with van der Waals surface area (Å²) in [7, 11) is 0. The molecule has 1 unspecified atom stereocenters.